The second kappa shape index (κ2) is 9.11. The van der Waals surface area contributed by atoms with Crippen LogP contribution < -0.4 is 10.6 Å². The minimum absolute atomic E-state index is 0.0963. The van der Waals surface area contributed by atoms with E-state index in [-0.39, 0.29) is 22.8 Å². The molecule has 1 fully saturated rings. The van der Waals surface area contributed by atoms with Crippen molar-refractivity contribution in [3.05, 3.63) is 78.4 Å². The highest BCUT2D eigenvalue weighted by Gasteiger charge is 2.57. The van der Waals surface area contributed by atoms with Crippen molar-refractivity contribution in [2.75, 3.05) is 0 Å². The van der Waals surface area contributed by atoms with Gasteiger partial charge in [-0.15, -0.1) is 0 Å². The van der Waals surface area contributed by atoms with E-state index in [1.807, 2.05) is 44.2 Å². The topological polar surface area (TPSA) is 95.6 Å². The Labute approximate surface area is 195 Å². The van der Waals surface area contributed by atoms with Crippen LogP contribution in [0.3, 0.4) is 0 Å². The van der Waals surface area contributed by atoms with E-state index in [0.29, 0.717) is 18.5 Å². The summed E-state index contributed by atoms with van der Waals surface area (Å²) in [6, 6.07) is 15.1. The van der Waals surface area contributed by atoms with E-state index in [9.17, 15) is 18.0 Å². The third-order valence-electron chi connectivity index (χ3n) is 6.08. The molecular formula is C25H31N3O4S. The third kappa shape index (κ3) is 5.02. The molecule has 1 aliphatic rings. The fourth-order valence-electron chi connectivity index (χ4n) is 4.61. The molecule has 8 heteroatoms. The number of sulfonamides is 1. The molecule has 2 aromatic rings. The van der Waals surface area contributed by atoms with Crippen molar-refractivity contribution in [1.29, 1.82) is 0 Å². The number of hydrogen-bond acceptors (Lipinski definition) is 4. The van der Waals surface area contributed by atoms with Crippen molar-refractivity contribution < 1.29 is 18.0 Å². The number of nitrogens with zero attached hydrogens (tertiary/aromatic N) is 1. The molecule has 7 nitrogen and oxygen atoms in total. The number of amides is 2. The molecule has 0 spiro atoms. The fraction of sp³-hybridized carbons (Fsp3) is 0.360. The zero-order valence-corrected chi connectivity index (χ0v) is 20.3. The molecule has 2 amide bonds. The molecule has 1 saturated heterocycles. The van der Waals surface area contributed by atoms with Crippen molar-refractivity contribution in [1.82, 2.24) is 14.9 Å². The Kier molecular flexibility index (Phi) is 6.81. The van der Waals surface area contributed by atoms with Gasteiger partial charge in [-0.05, 0) is 70.0 Å². The Hall–Kier alpha value is -2.97. The van der Waals surface area contributed by atoms with E-state index >= 15 is 0 Å². The maximum absolute atomic E-state index is 13.7. The highest BCUT2D eigenvalue weighted by Crippen LogP contribution is 2.44. The van der Waals surface area contributed by atoms with Crippen LogP contribution in [0.4, 0.5) is 0 Å². The second-order valence-electron chi connectivity index (χ2n) is 9.40. The first-order chi connectivity index (χ1) is 15.4. The average molecular weight is 470 g/mol. The van der Waals surface area contributed by atoms with Crippen LogP contribution >= 0.6 is 0 Å². The highest BCUT2D eigenvalue weighted by atomic mass is 32.2. The first-order valence-corrected chi connectivity index (χ1v) is 12.2. The van der Waals surface area contributed by atoms with Gasteiger partial charge in [0.1, 0.15) is 0 Å². The molecule has 1 atom stereocenters. The Morgan fingerprint density at radius 1 is 1.06 bits per heavy atom. The fourth-order valence-corrected chi connectivity index (χ4v) is 6.77. The van der Waals surface area contributed by atoms with Gasteiger partial charge in [0.2, 0.25) is 15.9 Å². The summed E-state index contributed by atoms with van der Waals surface area (Å²) in [5.74, 6) is -0.620. The smallest absolute Gasteiger partial charge is 0.251 e. The van der Waals surface area contributed by atoms with Crippen LogP contribution in [-0.4, -0.2) is 41.7 Å². The first kappa shape index (κ1) is 24.7. The summed E-state index contributed by atoms with van der Waals surface area (Å²) in [5.41, 5.74) is -0.248. The molecule has 3 rings (SSSR count). The quantitative estimate of drug-likeness (QED) is 0.609. The van der Waals surface area contributed by atoms with Crippen molar-refractivity contribution in [3.8, 4) is 0 Å². The Balaban J connectivity index is 1.81. The summed E-state index contributed by atoms with van der Waals surface area (Å²) in [4.78, 5) is 24.5. The number of rotatable bonds is 7. The van der Waals surface area contributed by atoms with Crippen LogP contribution in [-0.2, 0) is 21.4 Å². The van der Waals surface area contributed by atoms with E-state index < -0.39 is 21.1 Å². The lowest BCUT2D eigenvalue weighted by atomic mass is 9.94. The van der Waals surface area contributed by atoms with Gasteiger partial charge in [0.15, 0.2) is 0 Å². The summed E-state index contributed by atoms with van der Waals surface area (Å²) < 4.78 is 28.8. The molecule has 176 valence electrons. The molecule has 0 aliphatic carbocycles. The molecule has 1 heterocycles. The minimum Gasteiger partial charge on any atom is -0.348 e. The molecule has 0 aromatic heterocycles. The molecule has 0 bridgehead atoms. The summed E-state index contributed by atoms with van der Waals surface area (Å²) in [5, 5.41) is 5.70. The van der Waals surface area contributed by atoms with E-state index in [4.69, 9.17) is 0 Å². The summed E-state index contributed by atoms with van der Waals surface area (Å²) in [7, 11) is -3.90. The normalized spacial score (nSPS) is 19.6. The SMILES string of the molecule is C=CC(=O)NC1CC(C)(C)N(S(=O)(=O)c2ccc(C(=O)NCc3ccccc3)cc2)C1(C)C. The molecule has 33 heavy (non-hydrogen) atoms. The predicted octanol–water partition coefficient (Wildman–Crippen LogP) is 3.24. The van der Waals surface area contributed by atoms with Gasteiger partial charge >= 0.3 is 0 Å². The maximum Gasteiger partial charge on any atom is 0.251 e. The molecule has 2 N–H and O–H groups in total. The third-order valence-corrected chi connectivity index (χ3v) is 8.40. The summed E-state index contributed by atoms with van der Waals surface area (Å²) in [6.45, 7) is 11.2. The molecule has 1 unspecified atom stereocenters. The van der Waals surface area contributed by atoms with Crippen molar-refractivity contribution in [2.24, 2.45) is 0 Å². The summed E-state index contributed by atoms with van der Waals surface area (Å²) in [6.07, 6.45) is 1.64. The number of carbonyl (C=O) groups excluding carboxylic acids is 2. The van der Waals surface area contributed by atoms with Crippen LogP contribution in [0.25, 0.3) is 0 Å². The monoisotopic (exact) mass is 469 g/mol. The number of hydrogen-bond donors (Lipinski definition) is 2. The molecule has 0 radical (unpaired) electrons. The largest absolute Gasteiger partial charge is 0.348 e. The lowest BCUT2D eigenvalue weighted by Gasteiger charge is -2.40. The van der Waals surface area contributed by atoms with Gasteiger partial charge < -0.3 is 10.6 Å². The molecule has 1 aliphatic heterocycles. The van der Waals surface area contributed by atoms with Crippen molar-refractivity contribution >= 4 is 21.8 Å². The second-order valence-corrected chi connectivity index (χ2v) is 11.2. The zero-order chi connectivity index (χ0) is 24.4. The number of carbonyl (C=O) groups is 2. The van der Waals surface area contributed by atoms with Gasteiger partial charge in [0.25, 0.3) is 5.91 Å². The molecule has 0 saturated carbocycles. The minimum atomic E-state index is -3.90. The van der Waals surface area contributed by atoms with Crippen molar-refractivity contribution in [2.45, 2.75) is 62.7 Å². The predicted molar refractivity (Wildman–Crippen MR) is 128 cm³/mol. The average Bonchev–Trinajstić information content (AvgIpc) is 2.95. The van der Waals surface area contributed by atoms with Crippen molar-refractivity contribution in [3.63, 3.8) is 0 Å². The van der Waals surface area contributed by atoms with Gasteiger partial charge in [0, 0.05) is 23.7 Å². The Bertz CT molecular complexity index is 1140. The molecular weight excluding hydrogens is 438 g/mol. The van der Waals surface area contributed by atoms with Crippen LogP contribution in [0, 0.1) is 0 Å². The zero-order valence-electron chi connectivity index (χ0n) is 19.5. The Morgan fingerprint density at radius 3 is 2.24 bits per heavy atom. The lowest BCUT2D eigenvalue weighted by Crippen LogP contribution is -2.56. The van der Waals surface area contributed by atoms with Crippen LogP contribution in [0.1, 0.15) is 50.0 Å². The molecule has 2 aromatic carbocycles. The number of nitrogens with one attached hydrogen (secondary N) is 2. The van der Waals surface area contributed by atoms with Crippen LogP contribution in [0.5, 0.6) is 0 Å². The van der Waals surface area contributed by atoms with E-state index in [0.717, 1.165) is 5.56 Å². The first-order valence-electron chi connectivity index (χ1n) is 10.8. The van der Waals surface area contributed by atoms with Gasteiger partial charge in [-0.1, -0.05) is 36.9 Å². The lowest BCUT2D eigenvalue weighted by molar-refractivity contribution is -0.117. The summed E-state index contributed by atoms with van der Waals surface area (Å²) >= 11 is 0. The number of benzene rings is 2. The maximum atomic E-state index is 13.7. The van der Waals surface area contributed by atoms with Crippen LogP contribution in [0.15, 0.2) is 72.1 Å². The van der Waals surface area contributed by atoms with Crippen LogP contribution in [0.2, 0.25) is 0 Å². The van der Waals surface area contributed by atoms with Gasteiger partial charge in [-0.25, -0.2) is 8.42 Å². The van der Waals surface area contributed by atoms with E-state index in [1.54, 1.807) is 13.8 Å². The standard InChI is InChI=1S/C25H31N3O4S/c1-6-22(29)27-21-16-24(2,3)28(25(21,4)5)33(31,32)20-14-12-19(13-15-20)23(30)26-17-18-10-8-7-9-11-18/h6-15,21H,1,16-17H2,2-5H3,(H,26,30)(H,27,29). The van der Waals surface area contributed by atoms with Gasteiger partial charge in [-0.2, -0.15) is 4.31 Å². The van der Waals surface area contributed by atoms with Gasteiger partial charge in [0.05, 0.1) is 10.4 Å². The van der Waals surface area contributed by atoms with E-state index in [1.165, 1.54) is 34.6 Å². The van der Waals surface area contributed by atoms with Gasteiger partial charge in [-0.3, -0.25) is 9.59 Å². The highest BCUT2D eigenvalue weighted by molar-refractivity contribution is 7.89. The van der Waals surface area contributed by atoms with E-state index in [2.05, 4.69) is 17.2 Å². The Morgan fingerprint density at radius 2 is 1.67 bits per heavy atom.